The summed E-state index contributed by atoms with van der Waals surface area (Å²) in [6.07, 6.45) is 3.77. The largest absolute Gasteiger partial charge is 0.143 e. The Morgan fingerprint density at radius 1 is 1.10 bits per heavy atom. The maximum absolute atomic E-state index is 6.89. The second kappa shape index (κ2) is 5.15. The number of halogens is 1. The summed E-state index contributed by atoms with van der Waals surface area (Å²) in [5, 5.41) is 2.52. The summed E-state index contributed by atoms with van der Waals surface area (Å²) < 4.78 is 0. The number of fused-ring (bicyclic) bond motifs is 2. The average molecular weight is 313 g/mol. The van der Waals surface area contributed by atoms with E-state index in [4.69, 9.17) is 11.6 Å². The van der Waals surface area contributed by atoms with Crippen molar-refractivity contribution >= 4 is 33.7 Å². The van der Waals surface area contributed by atoms with Gasteiger partial charge in [0, 0.05) is 9.75 Å². The van der Waals surface area contributed by atoms with Crippen LogP contribution in [0.1, 0.15) is 38.2 Å². The first-order valence-corrected chi connectivity index (χ1v) is 8.73. The van der Waals surface area contributed by atoms with E-state index >= 15 is 0 Å². The zero-order chi connectivity index (χ0) is 14.4. The van der Waals surface area contributed by atoms with Crippen molar-refractivity contribution in [1.29, 1.82) is 0 Å². The van der Waals surface area contributed by atoms with E-state index in [1.165, 1.54) is 51.6 Å². The van der Waals surface area contributed by atoms with E-state index in [0.29, 0.717) is 0 Å². The van der Waals surface area contributed by atoms with Crippen molar-refractivity contribution < 1.29 is 0 Å². The van der Waals surface area contributed by atoms with Crippen molar-refractivity contribution in [3.8, 4) is 0 Å². The van der Waals surface area contributed by atoms with Gasteiger partial charge in [0.05, 0.1) is 5.38 Å². The third-order valence-electron chi connectivity index (χ3n) is 4.46. The molecule has 2 aromatic carbocycles. The molecule has 0 saturated carbocycles. The minimum Gasteiger partial charge on any atom is -0.143 e. The van der Waals surface area contributed by atoms with Gasteiger partial charge in [-0.1, -0.05) is 36.4 Å². The molecule has 1 aliphatic carbocycles. The van der Waals surface area contributed by atoms with Crippen LogP contribution < -0.4 is 0 Å². The molecule has 2 heteroatoms. The molecule has 21 heavy (non-hydrogen) atoms. The first-order valence-electron chi connectivity index (χ1n) is 7.48. The Labute approximate surface area is 134 Å². The van der Waals surface area contributed by atoms with Gasteiger partial charge in [-0.15, -0.1) is 22.9 Å². The summed E-state index contributed by atoms with van der Waals surface area (Å²) in [4.78, 5) is 2.86. The van der Waals surface area contributed by atoms with Gasteiger partial charge in [-0.05, 0) is 59.7 Å². The number of rotatable bonds is 2. The predicted octanol–water partition coefficient (Wildman–Crippen LogP) is 6.03. The van der Waals surface area contributed by atoms with Crippen LogP contribution in [0, 0.1) is 6.92 Å². The van der Waals surface area contributed by atoms with E-state index < -0.39 is 0 Å². The number of hydrogen-bond acceptors (Lipinski definition) is 1. The summed E-state index contributed by atoms with van der Waals surface area (Å²) >= 11 is 8.80. The lowest BCUT2D eigenvalue weighted by Crippen LogP contribution is -1.96. The topological polar surface area (TPSA) is 0 Å². The standard InChI is InChI=1S/C19H17ClS/c1-12-9-10-13-5-2-3-7-15(13)18(12)19(20)17-11-14-6-4-8-16(14)21-17/h2-3,5,7,9-11,19H,4,6,8H2,1H3. The van der Waals surface area contributed by atoms with Gasteiger partial charge in [0.2, 0.25) is 0 Å². The van der Waals surface area contributed by atoms with E-state index in [2.05, 4.69) is 49.4 Å². The molecule has 1 aromatic heterocycles. The molecule has 1 unspecified atom stereocenters. The molecule has 0 spiro atoms. The van der Waals surface area contributed by atoms with Crippen LogP contribution >= 0.6 is 22.9 Å². The SMILES string of the molecule is Cc1ccc2ccccc2c1C(Cl)c1cc2c(s1)CCC2. The number of thiophene rings is 1. The Hall–Kier alpha value is -1.31. The molecular weight excluding hydrogens is 296 g/mol. The van der Waals surface area contributed by atoms with Crippen molar-refractivity contribution in [2.75, 3.05) is 0 Å². The Balaban J connectivity index is 1.86. The zero-order valence-electron chi connectivity index (χ0n) is 12.0. The van der Waals surface area contributed by atoms with Crippen molar-refractivity contribution in [2.24, 2.45) is 0 Å². The Morgan fingerprint density at radius 3 is 2.81 bits per heavy atom. The fraction of sp³-hybridized carbons (Fsp3) is 0.263. The van der Waals surface area contributed by atoms with Crippen LogP contribution in [0.5, 0.6) is 0 Å². The number of benzene rings is 2. The van der Waals surface area contributed by atoms with Gasteiger partial charge in [-0.2, -0.15) is 0 Å². The van der Waals surface area contributed by atoms with Crippen LogP contribution in [0.3, 0.4) is 0 Å². The minimum absolute atomic E-state index is 0.0355. The first kappa shape index (κ1) is 13.4. The normalized spacial score (nSPS) is 15.3. The van der Waals surface area contributed by atoms with Gasteiger partial charge < -0.3 is 0 Å². The van der Waals surface area contributed by atoms with Crippen molar-refractivity contribution in [1.82, 2.24) is 0 Å². The maximum Gasteiger partial charge on any atom is 0.0936 e. The average Bonchev–Trinajstić information content (AvgIpc) is 3.07. The summed E-state index contributed by atoms with van der Waals surface area (Å²) in [5.41, 5.74) is 4.08. The Kier molecular flexibility index (Phi) is 3.28. The van der Waals surface area contributed by atoms with Crippen molar-refractivity contribution in [3.05, 3.63) is 68.9 Å². The molecular formula is C19H17ClS. The zero-order valence-corrected chi connectivity index (χ0v) is 13.6. The van der Waals surface area contributed by atoms with Gasteiger partial charge in [0.1, 0.15) is 0 Å². The second-order valence-electron chi connectivity index (χ2n) is 5.83. The van der Waals surface area contributed by atoms with Gasteiger partial charge in [-0.25, -0.2) is 0 Å². The van der Waals surface area contributed by atoms with Gasteiger partial charge in [0.25, 0.3) is 0 Å². The molecule has 0 N–H and O–H groups in total. The van der Waals surface area contributed by atoms with Gasteiger partial charge in [0.15, 0.2) is 0 Å². The number of hydrogen-bond donors (Lipinski definition) is 0. The third kappa shape index (κ3) is 2.20. The summed E-state index contributed by atoms with van der Waals surface area (Å²) in [6, 6.07) is 15.3. The van der Waals surface area contributed by atoms with Crippen molar-refractivity contribution in [3.63, 3.8) is 0 Å². The van der Waals surface area contributed by atoms with E-state index in [-0.39, 0.29) is 5.38 Å². The minimum atomic E-state index is -0.0355. The molecule has 1 heterocycles. The monoisotopic (exact) mass is 312 g/mol. The highest BCUT2D eigenvalue weighted by atomic mass is 35.5. The molecule has 0 saturated heterocycles. The van der Waals surface area contributed by atoms with Crippen LogP contribution in [0.2, 0.25) is 0 Å². The van der Waals surface area contributed by atoms with Crippen LogP contribution in [0.25, 0.3) is 10.8 Å². The number of aryl methyl sites for hydroxylation is 3. The van der Waals surface area contributed by atoms with E-state index in [0.717, 1.165) is 0 Å². The molecule has 0 aliphatic heterocycles. The summed E-state index contributed by atoms with van der Waals surface area (Å²) in [7, 11) is 0. The third-order valence-corrected chi connectivity index (χ3v) is 6.34. The van der Waals surface area contributed by atoms with E-state index in [1.807, 2.05) is 11.3 Å². The molecule has 0 fully saturated rings. The molecule has 0 amide bonds. The van der Waals surface area contributed by atoms with Gasteiger partial charge in [-0.3, -0.25) is 0 Å². The molecule has 1 atom stereocenters. The smallest absolute Gasteiger partial charge is 0.0936 e. The molecule has 0 nitrogen and oxygen atoms in total. The predicted molar refractivity (Wildman–Crippen MR) is 92.7 cm³/mol. The first-order chi connectivity index (χ1) is 10.2. The maximum atomic E-state index is 6.89. The molecule has 106 valence electrons. The highest BCUT2D eigenvalue weighted by Crippen LogP contribution is 2.42. The van der Waals surface area contributed by atoms with Crippen LogP contribution in [0.15, 0.2) is 42.5 Å². The quantitative estimate of drug-likeness (QED) is 0.507. The summed E-state index contributed by atoms with van der Waals surface area (Å²) in [5.74, 6) is 0. The lowest BCUT2D eigenvalue weighted by Gasteiger charge is -2.15. The highest BCUT2D eigenvalue weighted by Gasteiger charge is 2.22. The lowest BCUT2D eigenvalue weighted by atomic mass is 9.96. The number of alkyl halides is 1. The van der Waals surface area contributed by atoms with E-state index in [1.54, 1.807) is 4.88 Å². The molecule has 0 bridgehead atoms. The van der Waals surface area contributed by atoms with Crippen LogP contribution in [-0.4, -0.2) is 0 Å². The highest BCUT2D eigenvalue weighted by molar-refractivity contribution is 7.12. The molecule has 0 radical (unpaired) electrons. The molecule has 1 aliphatic rings. The van der Waals surface area contributed by atoms with Crippen LogP contribution in [-0.2, 0) is 12.8 Å². The Morgan fingerprint density at radius 2 is 1.95 bits per heavy atom. The fourth-order valence-electron chi connectivity index (χ4n) is 3.36. The summed E-state index contributed by atoms with van der Waals surface area (Å²) in [6.45, 7) is 2.17. The Bertz CT molecular complexity index is 794. The molecule has 3 aromatic rings. The fourth-order valence-corrected chi connectivity index (χ4v) is 5.09. The van der Waals surface area contributed by atoms with Crippen molar-refractivity contribution in [2.45, 2.75) is 31.6 Å². The second-order valence-corrected chi connectivity index (χ2v) is 7.44. The lowest BCUT2D eigenvalue weighted by molar-refractivity contribution is 0.913. The van der Waals surface area contributed by atoms with E-state index in [9.17, 15) is 0 Å². The van der Waals surface area contributed by atoms with Crippen LogP contribution in [0.4, 0.5) is 0 Å². The molecule has 4 rings (SSSR count). The van der Waals surface area contributed by atoms with Gasteiger partial charge >= 0.3 is 0 Å².